The van der Waals surface area contributed by atoms with Crippen LogP contribution in [0.25, 0.3) is 22.4 Å². The summed E-state index contributed by atoms with van der Waals surface area (Å²) in [6.07, 6.45) is 2.88. The number of carboxylic acids is 1. The average Bonchev–Trinajstić information content (AvgIpc) is 3.35. The van der Waals surface area contributed by atoms with Gasteiger partial charge in [-0.2, -0.15) is 0 Å². The molecular formula is C31H22Cl2N2O5S. The Labute approximate surface area is 246 Å². The fourth-order valence-corrected chi connectivity index (χ4v) is 5.52. The fraction of sp³-hybridized carbons (Fsp3) is 0.0645. The van der Waals surface area contributed by atoms with Gasteiger partial charge in [-0.3, -0.25) is 4.79 Å². The highest BCUT2D eigenvalue weighted by Crippen LogP contribution is 2.31. The van der Waals surface area contributed by atoms with Gasteiger partial charge in [0.25, 0.3) is 0 Å². The molecule has 1 N–H and O–H groups in total. The van der Waals surface area contributed by atoms with Crippen molar-refractivity contribution < 1.29 is 23.1 Å². The Morgan fingerprint density at radius 2 is 1.54 bits per heavy atom. The molecule has 0 spiro atoms. The molecule has 0 saturated carbocycles. The topological polar surface area (TPSA) is 106 Å². The number of aromatic nitrogens is 2. The number of carbonyl (C=O) groups excluding carboxylic acids is 1. The molecule has 41 heavy (non-hydrogen) atoms. The first-order valence-electron chi connectivity index (χ1n) is 12.3. The lowest BCUT2D eigenvalue weighted by atomic mass is 10.0. The number of benzene rings is 4. The second kappa shape index (κ2) is 11.3. The second-order valence-corrected chi connectivity index (χ2v) is 12.3. The smallest absolute Gasteiger partial charge is 0.335 e. The number of imidazole rings is 1. The molecule has 0 bridgehead atoms. The van der Waals surface area contributed by atoms with E-state index in [2.05, 4.69) is 4.98 Å². The summed E-state index contributed by atoms with van der Waals surface area (Å²) in [5.41, 5.74) is 3.86. The minimum atomic E-state index is -3.37. The first kappa shape index (κ1) is 28.3. The van der Waals surface area contributed by atoms with E-state index >= 15 is 0 Å². The monoisotopic (exact) mass is 604 g/mol. The minimum Gasteiger partial charge on any atom is -0.478 e. The lowest BCUT2D eigenvalue weighted by molar-refractivity contribution is 0.0696. The lowest BCUT2D eigenvalue weighted by Crippen LogP contribution is -2.12. The first-order chi connectivity index (χ1) is 19.5. The molecule has 1 aromatic heterocycles. The van der Waals surface area contributed by atoms with Gasteiger partial charge in [-0.1, -0.05) is 71.7 Å². The maximum absolute atomic E-state index is 13.7. The lowest BCUT2D eigenvalue weighted by Gasteiger charge is -2.09. The van der Waals surface area contributed by atoms with E-state index in [1.54, 1.807) is 83.6 Å². The van der Waals surface area contributed by atoms with Crippen molar-refractivity contribution >= 4 is 44.8 Å². The standard InChI is InChI=1S/C31H22Cl2N2O5S/c1-41(39,40)25-4-2-3-23(15-25)20-9-11-21(12-10-20)29(36)30-34-28(26-14-13-24(32)16-27(26)33)18-35(30)17-19-5-7-22(8-6-19)31(37)38/h2-16,18H,17H2,1H3,(H,37,38). The molecule has 0 radical (unpaired) electrons. The molecule has 206 valence electrons. The Morgan fingerprint density at radius 1 is 0.854 bits per heavy atom. The molecule has 0 fully saturated rings. The van der Waals surface area contributed by atoms with Crippen LogP contribution < -0.4 is 0 Å². The van der Waals surface area contributed by atoms with E-state index in [1.165, 1.54) is 18.2 Å². The second-order valence-electron chi connectivity index (χ2n) is 9.41. The van der Waals surface area contributed by atoms with Gasteiger partial charge in [0.1, 0.15) is 0 Å². The van der Waals surface area contributed by atoms with Gasteiger partial charge < -0.3 is 9.67 Å². The number of aromatic carboxylic acids is 1. The van der Waals surface area contributed by atoms with Crippen LogP contribution in [0.15, 0.2) is 102 Å². The van der Waals surface area contributed by atoms with Crippen molar-refractivity contribution in [2.45, 2.75) is 11.4 Å². The van der Waals surface area contributed by atoms with Gasteiger partial charge in [-0.15, -0.1) is 0 Å². The van der Waals surface area contributed by atoms with E-state index < -0.39 is 15.8 Å². The molecule has 0 aliphatic heterocycles. The number of ketones is 1. The number of carboxylic acid groups (broad SMARTS) is 1. The Balaban J connectivity index is 1.51. The summed E-state index contributed by atoms with van der Waals surface area (Å²) in [7, 11) is -3.37. The summed E-state index contributed by atoms with van der Waals surface area (Å²) in [5, 5.41) is 10.1. The normalized spacial score (nSPS) is 11.4. The quantitative estimate of drug-likeness (QED) is 0.193. The average molecular weight is 605 g/mol. The van der Waals surface area contributed by atoms with E-state index in [9.17, 15) is 23.1 Å². The number of carbonyl (C=O) groups is 2. The predicted molar refractivity (Wildman–Crippen MR) is 159 cm³/mol. The van der Waals surface area contributed by atoms with Gasteiger partial charge in [0.15, 0.2) is 15.7 Å². The number of halogens is 2. The summed E-state index contributed by atoms with van der Waals surface area (Å²) in [5.74, 6) is -1.19. The maximum Gasteiger partial charge on any atom is 0.335 e. The Morgan fingerprint density at radius 3 is 2.17 bits per heavy atom. The predicted octanol–water partition coefficient (Wildman–Crippen LogP) is 6.90. The largest absolute Gasteiger partial charge is 0.478 e. The number of nitrogens with zero attached hydrogens (tertiary/aromatic N) is 2. The zero-order valence-corrected chi connectivity index (χ0v) is 23.9. The molecule has 0 unspecified atom stereocenters. The summed E-state index contributed by atoms with van der Waals surface area (Å²) >= 11 is 12.5. The van der Waals surface area contributed by atoms with E-state index in [-0.39, 0.29) is 28.6 Å². The number of rotatable bonds is 8. The molecule has 0 atom stereocenters. The Bertz CT molecular complexity index is 1900. The molecule has 0 aliphatic rings. The molecule has 10 heteroatoms. The van der Waals surface area contributed by atoms with Crippen molar-refractivity contribution in [3.05, 3.63) is 130 Å². The molecule has 0 saturated heterocycles. The maximum atomic E-state index is 13.7. The fourth-order valence-electron chi connectivity index (χ4n) is 4.34. The van der Waals surface area contributed by atoms with Crippen LogP contribution in [0.4, 0.5) is 0 Å². The third-order valence-corrected chi connectivity index (χ3v) is 8.14. The summed E-state index contributed by atoms with van der Waals surface area (Å²) in [4.78, 5) is 29.8. The van der Waals surface area contributed by atoms with Gasteiger partial charge in [-0.05, 0) is 59.2 Å². The van der Waals surface area contributed by atoms with Crippen LogP contribution in [-0.2, 0) is 16.4 Å². The highest BCUT2D eigenvalue weighted by Gasteiger charge is 2.20. The van der Waals surface area contributed by atoms with Crippen LogP contribution in [0.2, 0.25) is 10.0 Å². The molecule has 1 heterocycles. The van der Waals surface area contributed by atoms with Gasteiger partial charge in [-0.25, -0.2) is 18.2 Å². The van der Waals surface area contributed by atoms with E-state index in [4.69, 9.17) is 23.2 Å². The van der Waals surface area contributed by atoms with E-state index in [0.29, 0.717) is 32.4 Å². The highest BCUT2D eigenvalue weighted by atomic mass is 35.5. The third-order valence-electron chi connectivity index (χ3n) is 6.48. The zero-order chi connectivity index (χ0) is 29.3. The van der Waals surface area contributed by atoms with Crippen LogP contribution in [0, 0.1) is 0 Å². The van der Waals surface area contributed by atoms with Crippen molar-refractivity contribution in [3.63, 3.8) is 0 Å². The van der Waals surface area contributed by atoms with Crippen LogP contribution in [0.5, 0.6) is 0 Å². The van der Waals surface area contributed by atoms with Crippen LogP contribution in [-0.4, -0.2) is 41.1 Å². The molecule has 4 aromatic carbocycles. The first-order valence-corrected chi connectivity index (χ1v) is 14.9. The molecular weight excluding hydrogens is 583 g/mol. The molecule has 5 rings (SSSR count). The Hall–Kier alpha value is -4.24. The summed E-state index contributed by atoms with van der Waals surface area (Å²) in [6, 6.07) is 24.8. The van der Waals surface area contributed by atoms with Crippen molar-refractivity contribution in [1.82, 2.24) is 9.55 Å². The van der Waals surface area contributed by atoms with Crippen molar-refractivity contribution in [2.24, 2.45) is 0 Å². The van der Waals surface area contributed by atoms with Gasteiger partial charge in [0.05, 0.1) is 21.2 Å². The van der Waals surface area contributed by atoms with Crippen LogP contribution in [0.3, 0.4) is 0 Å². The Kier molecular flexibility index (Phi) is 7.82. The SMILES string of the molecule is CS(=O)(=O)c1cccc(-c2ccc(C(=O)c3nc(-c4ccc(Cl)cc4Cl)cn3Cc3ccc(C(=O)O)cc3)cc2)c1. The van der Waals surface area contributed by atoms with Crippen molar-refractivity contribution in [1.29, 1.82) is 0 Å². The molecule has 5 aromatic rings. The van der Waals surface area contributed by atoms with Crippen LogP contribution in [0.1, 0.15) is 32.1 Å². The zero-order valence-electron chi connectivity index (χ0n) is 21.6. The number of hydrogen-bond acceptors (Lipinski definition) is 5. The summed E-state index contributed by atoms with van der Waals surface area (Å²) in [6.45, 7) is 0.259. The van der Waals surface area contributed by atoms with Crippen LogP contribution >= 0.6 is 23.2 Å². The van der Waals surface area contributed by atoms with Crippen molar-refractivity contribution in [3.8, 4) is 22.4 Å². The minimum absolute atomic E-state index is 0.159. The van der Waals surface area contributed by atoms with Gasteiger partial charge in [0.2, 0.25) is 5.78 Å². The van der Waals surface area contributed by atoms with E-state index in [0.717, 1.165) is 17.4 Å². The number of sulfone groups is 1. The molecule has 7 nitrogen and oxygen atoms in total. The summed E-state index contributed by atoms with van der Waals surface area (Å²) < 4.78 is 25.6. The van der Waals surface area contributed by atoms with Gasteiger partial charge >= 0.3 is 5.97 Å². The molecule has 0 amide bonds. The number of hydrogen-bond donors (Lipinski definition) is 1. The van der Waals surface area contributed by atoms with Crippen molar-refractivity contribution in [2.75, 3.05) is 6.26 Å². The van der Waals surface area contributed by atoms with Gasteiger partial charge in [0, 0.05) is 35.1 Å². The molecule has 0 aliphatic carbocycles. The van der Waals surface area contributed by atoms with E-state index in [1.807, 2.05) is 0 Å². The highest BCUT2D eigenvalue weighted by molar-refractivity contribution is 7.90. The third kappa shape index (κ3) is 6.25.